The van der Waals surface area contributed by atoms with Gasteiger partial charge in [-0.05, 0) is 18.2 Å². The van der Waals surface area contributed by atoms with Crippen molar-refractivity contribution in [3.8, 4) is 17.0 Å². The van der Waals surface area contributed by atoms with E-state index in [1.165, 1.54) is 0 Å². The molecule has 1 aliphatic rings. The third kappa shape index (κ3) is 3.98. The van der Waals surface area contributed by atoms with E-state index in [0.717, 1.165) is 48.0 Å². The minimum Gasteiger partial charge on any atom is -0.474 e. The van der Waals surface area contributed by atoms with Crippen LogP contribution in [0.2, 0.25) is 0 Å². The first kappa shape index (κ1) is 18.4. The van der Waals surface area contributed by atoms with Crippen molar-refractivity contribution in [1.82, 2.24) is 14.9 Å². The van der Waals surface area contributed by atoms with Crippen LogP contribution in [0, 0.1) is 5.92 Å². The molecule has 0 bridgehead atoms. The Balaban J connectivity index is 1.39. The molecule has 2 aromatic heterocycles. The lowest BCUT2D eigenvalue weighted by molar-refractivity contribution is -0.136. The first-order chi connectivity index (χ1) is 13.6. The van der Waals surface area contributed by atoms with Crippen molar-refractivity contribution in [2.45, 2.75) is 32.8 Å². The van der Waals surface area contributed by atoms with Crippen LogP contribution in [0.15, 0.2) is 54.9 Å². The summed E-state index contributed by atoms with van der Waals surface area (Å²) >= 11 is 0. The zero-order valence-corrected chi connectivity index (χ0v) is 16.3. The normalized spacial score (nSPS) is 15.2. The van der Waals surface area contributed by atoms with E-state index in [1.807, 2.05) is 61.5 Å². The molecule has 0 spiro atoms. The number of nitrogens with zero attached hydrogens (tertiary/aromatic N) is 3. The van der Waals surface area contributed by atoms with Crippen molar-refractivity contribution < 1.29 is 9.53 Å². The predicted molar refractivity (Wildman–Crippen MR) is 110 cm³/mol. The number of ether oxygens (including phenoxy) is 1. The average molecular weight is 375 g/mol. The van der Waals surface area contributed by atoms with Gasteiger partial charge in [0.2, 0.25) is 11.8 Å². The summed E-state index contributed by atoms with van der Waals surface area (Å²) in [5.74, 6) is 0.910. The van der Waals surface area contributed by atoms with Gasteiger partial charge in [-0.2, -0.15) is 0 Å². The number of fused-ring (bicyclic) bond motifs is 1. The summed E-state index contributed by atoms with van der Waals surface area (Å²) in [4.78, 5) is 23.0. The van der Waals surface area contributed by atoms with Crippen LogP contribution in [0.5, 0.6) is 5.88 Å². The van der Waals surface area contributed by atoms with Gasteiger partial charge in [0.25, 0.3) is 0 Å². The highest BCUT2D eigenvalue weighted by Crippen LogP contribution is 2.24. The third-order valence-electron chi connectivity index (χ3n) is 5.20. The summed E-state index contributed by atoms with van der Waals surface area (Å²) in [6.07, 6.45) is 5.50. The molecular formula is C23H25N3O2. The highest BCUT2D eigenvalue weighted by Gasteiger charge is 2.25. The molecule has 0 unspecified atom stereocenters. The second kappa shape index (κ2) is 7.97. The Labute approximate surface area is 165 Å². The van der Waals surface area contributed by atoms with E-state index in [9.17, 15) is 4.79 Å². The number of benzene rings is 1. The Kier molecular flexibility index (Phi) is 5.24. The molecule has 1 amide bonds. The van der Waals surface area contributed by atoms with E-state index in [4.69, 9.17) is 4.74 Å². The number of hydrogen-bond donors (Lipinski definition) is 0. The lowest BCUT2D eigenvalue weighted by atomic mass is 10.1. The molecule has 0 N–H and O–H groups in total. The molecule has 0 atom stereocenters. The zero-order chi connectivity index (χ0) is 19.5. The molecule has 0 saturated carbocycles. The van der Waals surface area contributed by atoms with Crippen molar-refractivity contribution in [2.24, 2.45) is 5.92 Å². The molecule has 0 aliphatic carbocycles. The van der Waals surface area contributed by atoms with Crippen LogP contribution in [-0.4, -0.2) is 40.0 Å². The molecule has 1 aromatic carbocycles. The highest BCUT2D eigenvalue weighted by atomic mass is 16.5. The van der Waals surface area contributed by atoms with Crippen LogP contribution in [0.4, 0.5) is 0 Å². The Bertz CT molecular complexity index is 961. The molecule has 3 aromatic rings. The molecule has 3 heterocycles. The Hall–Kier alpha value is -2.95. The van der Waals surface area contributed by atoms with Gasteiger partial charge in [-0.3, -0.25) is 9.78 Å². The standard InChI is InChI=1S/C23H25N3O2/c1-16(2)23(27)26-11-9-20(10-12-26)28-22-8-7-18(14-25-22)19-13-17-5-3-4-6-21(17)24-15-19/h3-8,13-16,20H,9-12H2,1-2H3. The molecule has 1 fully saturated rings. The number of pyridine rings is 2. The van der Waals surface area contributed by atoms with Gasteiger partial charge in [-0.15, -0.1) is 0 Å². The molecule has 1 saturated heterocycles. The number of hydrogen-bond acceptors (Lipinski definition) is 4. The summed E-state index contributed by atoms with van der Waals surface area (Å²) in [6.45, 7) is 5.40. The van der Waals surface area contributed by atoms with Gasteiger partial charge in [-0.1, -0.05) is 32.0 Å². The third-order valence-corrected chi connectivity index (χ3v) is 5.20. The second-order valence-electron chi connectivity index (χ2n) is 7.60. The van der Waals surface area contributed by atoms with E-state index in [-0.39, 0.29) is 17.9 Å². The van der Waals surface area contributed by atoms with Gasteiger partial charge in [0.1, 0.15) is 6.10 Å². The monoisotopic (exact) mass is 375 g/mol. The first-order valence-corrected chi connectivity index (χ1v) is 9.87. The largest absolute Gasteiger partial charge is 0.474 e. The summed E-state index contributed by atoms with van der Waals surface area (Å²) in [6, 6.07) is 14.1. The Morgan fingerprint density at radius 1 is 1.04 bits per heavy atom. The van der Waals surface area contributed by atoms with Gasteiger partial charge < -0.3 is 9.64 Å². The number of aromatic nitrogens is 2. The number of carbonyl (C=O) groups excluding carboxylic acids is 1. The average Bonchev–Trinajstić information content (AvgIpc) is 2.74. The molecule has 5 nitrogen and oxygen atoms in total. The van der Waals surface area contributed by atoms with E-state index in [2.05, 4.69) is 22.1 Å². The fourth-order valence-electron chi connectivity index (χ4n) is 3.58. The number of rotatable bonds is 4. The number of carbonyl (C=O) groups is 1. The number of amides is 1. The number of likely N-dealkylation sites (tertiary alicyclic amines) is 1. The van der Waals surface area contributed by atoms with E-state index < -0.39 is 0 Å². The summed E-state index contributed by atoms with van der Waals surface area (Å²) < 4.78 is 6.04. The van der Waals surface area contributed by atoms with Crippen LogP contribution in [0.3, 0.4) is 0 Å². The SMILES string of the molecule is CC(C)C(=O)N1CCC(Oc2ccc(-c3cnc4ccccc4c3)cn2)CC1. The fraction of sp³-hybridized carbons (Fsp3) is 0.348. The highest BCUT2D eigenvalue weighted by molar-refractivity contribution is 5.83. The molecule has 0 radical (unpaired) electrons. The van der Waals surface area contributed by atoms with Crippen LogP contribution < -0.4 is 4.74 Å². The summed E-state index contributed by atoms with van der Waals surface area (Å²) in [7, 11) is 0. The lowest BCUT2D eigenvalue weighted by Crippen LogP contribution is -2.43. The minimum absolute atomic E-state index is 0.0521. The molecule has 5 heteroatoms. The number of piperidine rings is 1. The zero-order valence-electron chi connectivity index (χ0n) is 16.3. The molecular weight excluding hydrogens is 350 g/mol. The van der Waals surface area contributed by atoms with Crippen molar-refractivity contribution in [2.75, 3.05) is 13.1 Å². The Morgan fingerprint density at radius 2 is 1.79 bits per heavy atom. The molecule has 1 aliphatic heterocycles. The van der Waals surface area contributed by atoms with E-state index in [1.54, 1.807) is 0 Å². The second-order valence-corrected chi connectivity index (χ2v) is 7.60. The van der Waals surface area contributed by atoms with E-state index in [0.29, 0.717) is 5.88 Å². The predicted octanol–water partition coefficient (Wildman–Crippen LogP) is 4.32. The van der Waals surface area contributed by atoms with Gasteiger partial charge in [-0.25, -0.2) is 4.98 Å². The van der Waals surface area contributed by atoms with Crippen LogP contribution >= 0.6 is 0 Å². The topological polar surface area (TPSA) is 55.3 Å². The smallest absolute Gasteiger partial charge is 0.225 e. The van der Waals surface area contributed by atoms with Gasteiger partial charge in [0.15, 0.2) is 0 Å². The lowest BCUT2D eigenvalue weighted by Gasteiger charge is -2.33. The molecule has 4 rings (SSSR count). The van der Waals surface area contributed by atoms with Gasteiger partial charge in [0, 0.05) is 66.8 Å². The van der Waals surface area contributed by atoms with Gasteiger partial charge in [0.05, 0.1) is 5.52 Å². The number of para-hydroxylation sites is 1. The summed E-state index contributed by atoms with van der Waals surface area (Å²) in [5, 5.41) is 1.11. The molecule has 144 valence electrons. The fourth-order valence-corrected chi connectivity index (χ4v) is 3.58. The quantitative estimate of drug-likeness (QED) is 0.681. The van der Waals surface area contributed by atoms with E-state index >= 15 is 0 Å². The minimum atomic E-state index is 0.0521. The summed E-state index contributed by atoms with van der Waals surface area (Å²) in [5.41, 5.74) is 3.04. The molecule has 28 heavy (non-hydrogen) atoms. The van der Waals surface area contributed by atoms with Crippen molar-refractivity contribution >= 4 is 16.8 Å². The maximum atomic E-state index is 12.1. The van der Waals surface area contributed by atoms with Crippen molar-refractivity contribution in [3.05, 3.63) is 54.9 Å². The Morgan fingerprint density at radius 3 is 2.50 bits per heavy atom. The van der Waals surface area contributed by atoms with Crippen LogP contribution in [-0.2, 0) is 4.79 Å². The van der Waals surface area contributed by atoms with Crippen molar-refractivity contribution in [1.29, 1.82) is 0 Å². The maximum Gasteiger partial charge on any atom is 0.225 e. The van der Waals surface area contributed by atoms with Crippen molar-refractivity contribution in [3.63, 3.8) is 0 Å². The van der Waals surface area contributed by atoms with Crippen LogP contribution in [0.1, 0.15) is 26.7 Å². The maximum absolute atomic E-state index is 12.1. The van der Waals surface area contributed by atoms with Gasteiger partial charge >= 0.3 is 0 Å². The van der Waals surface area contributed by atoms with Crippen LogP contribution in [0.25, 0.3) is 22.0 Å². The first-order valence-electron chi connectivity index (χ1n) is 9.87.